The molecule has 0 unspecified atom stereocenters. The van der Waals surface area contributed by atoms with Gasteiger partial charge >= 0.3 is 0 Å². The van der Waals surface area contributed by atoms with Crippen LogP contribution in [0.25, 0.3) is 10.9 Å². The maximum absolute atomic E-state index is 14.7. The molecule has 0 aliphatic carbocycles. The molecule has 0 aliphatic rings. The van der Waals surface area contributed by atoms with Gasteiger partial charge in [-0.3, -0.25) is 0 Å². The maximum atomic E-state index is 14.7. The maximum Gasteiger partial charge on any atom is 0.229 e. The van der Waals surface area contributed by atoms with Crippen molar-refractivity contribution in [1.29, 1.82) is 0 Å². The van der Waals surface area contributed by atoms with E-state index < -0.39 is 0 Å². The zero-order chi connectivity index (χ0) is 18.1. The van der Waals surface area contributed by atoms with Crippen molar-refractivity contribution in [2.75, 3.05) is 10.6 Å². The minimum atomic E-state index is -0.335. The SMILES string of the molecule is Cc1cc2c(F)c(Nc3ccnc(Nc4ccc(O)cc4)n3)ccc2[nH]1. The van der Waals surface area contributed by atoms with Gasteiger partial charge < -0.3 is 20.7 Å². The number of halogens is 1. The Bertz CT molecular complexity index is 1080. The topological polar surface area (TPSA) is 85.9 Å². The summed E-state index contributed by atoms with van der Waals surface area (Å²) in [6.45, 7) is 1.89. The zero-order valence-electron chi connectivity index (χ0n) is 13.9. The van der Waals surface area contributed by atoms with Crippen LogP contribution >= 0.6 is 0 Å². The molecular weight excluding hydrogens is 333 g/mol. The van der Waals surface area contributed by atoms with E-state index in [0.717, 1.165) is 16.9 Å². The number of nitrogens with zero attached hydrogens (tertiary/aromatic N) is 2. The summed E-state index contributed by atoms with van der Waals surface area (Å²) in [5.41, 5.74) is 2.72. The van der Waals surface area contributed by atoms with Gasteiger partial charge in [0.2, 0.25) is 5.95 Å². The Morgan fingerprint density at radius 2 is 1.85 bits per heavy atom. The number of phenols is 1. The molecule has 0 spiro atoms. The average molecular weight is 349 g/mol. The van der Waals surface area contributed by atoms with Crippen LogP contribution in [0.2, 0.25) is 0 Å². The number of hydrogen-bond acceptors (Lipinski definition) is 5. The van der Waals surface area contributed by atoms with Gasteiger partial charge in [-0.15, -0.1) is 0 Å². The minimum absolute atomic E-state index is 0.178. The molecule has 4 N–H and O–H groups in total. The summed E-state index contributed by atoms with van der Waals surface area (Å²) in [7, 11) is 0. The zero-order valence-corrected chi connectivity index (χ0v) is 13.9. The first-order chi connectivity index (χ1) is 12.6. The fraction of sp³-hybridized carbons (Fsp3) is 0.0526. The van der Waals surface area contributed by atoms with Crippen LogP contribution in [0.5, 0.6) is 5.75 Å². The molecule has 2 aromatic heterocycles. The molecule has 0 fully saturated rings. The Morgan fingerprint density at radius 1 is 1.04 bits per heavy atom. The van der Waals surface area contributed by atoms with Gasteiger partial charge in [-0.2, -0.15) is 4.98 Å². The Kier molecular flexibility index (Phi) is 3.89. The van der Waals surface area contributed by atoms with Crippen molar-refractivity contribution in [3.05, 3.63) is 66.2 Å². The number of H-pyrrole nitrogens is 1. The summed E-state index contributed by atoms with van der Waals surface area (Å²) >= 11 is 0. The van der Waals surface area contributed by atoms with Crippen molar-refractivity contribution in [3.8, 4) is 5.75 Å². The van der Waals surface area contributed by atoms with Crippen LogP contribution < -0.4 is 10.6 Å². The van der Waals surface area contributed by atoms with Gasteiger partial charge in [0.05, 0.1) is 5.69 Å². The van der Waals surface area contributed by atoms with E-state index in [2.05, 4.69) is 25.6 Å². The second-order valence-electron chi connectivity index (χ2n) is 5.90. The van der Waals surface area contributed by atoms with E-state index in [1.807, 2.05) is 13.0 Å². The highest BCUT2D eigenvalue weighted by molar-refractivity contribution is 5.85. The molecule has 130 valence electrons. The Hall–Kier alpha value is -3.61. The number of fused-ring (bicyclic) bond motifs is 1. The van der Waals surface area contributed by atoms with Gasteiger partial charge in [-0.05, 0) is 55.5 Å². The van der Waals surface area contributed by atoms with E-state index in [0.29, 0.717) is 22.8 Å². The number of benzene rings is 2. The Balaban J connectivity index is 1.59. The van der Waals surface area contributed by atoms with Crippen LogP contribution in [0.1, 0.15) is 5.69 Å². The van der Waals surface area contributed by atoms with Gasteiger partial charge in [0.25, 0.3) is 0 Å². The standard InChI is InChI=1S/C19H16FN5O/c1-11-10-14-15(22-11)6-7-16(18(14)20)24-17-8-9-21-19(25-17)23-12-2-4-13(26)5-3-12/h2-10,22,26H,1H3,(H2,21,23,24,25). The van der Waals surface area contributed by atoms with Gasteiger partial charge in [0, 0.05) is 28.5 Å². The van der Waals surface area contributed by atoms with Crippen molar-refractivity contribution in [2.24, 2.45) is 0 Å². The number of rotatable bonds is 4. The van der Waals surface area contributed by atoms with Crippen LogP contribution in [0.4, 0.5) is 27.5 Å². The number of hydrogen-bond donors (Lipinski definition) is 4. The molecule has 0 amide bonds. The van der Waals surface area contributed by atoms with Gasteiger partial charge in [0.15, 0.2) is 5.82 Å². The highest BCUT2D eigenvalue weighted by atomic mass is 19.1. The molecule has 0 aliphatic heterocycles. The number of aromatic hydroxyl groups is 1. The third-order valence-electron chi connectivity index (χ3n) is 3.91. The number of phenolic OH excluding ortho intramolecular Hbond substituents is 1. The number of aromatic nitrogens is 3. The first-order valence-corrected chi connectivity index (χ1v) is 8.02. The predicted molar refractivity (Wildman–Crippen MR) is 99.7 cm³/mol. The molecule has 0 bridgehead atoms. The quantitative estimate of drug-likeness (QED) is 0.405. The van der Waals surface area contributed by atoms with Gasteiger partial charge in [0.1, 0.15) is 11.6 Å². The monoisotopic (exact) mass is 349 g/mol. The van der Waals surface area contributed by atoms with E-state index in [1.165, 1.54) is 0 Å². The van der Waals surface area contributed by atoms with E-state index in [-0.39, 0.29) is 11.6 Å². The second kappa shape index (κ2) is 6.36. The van der Waals surface area contributed by atoms with Crippen molar-refractivity contribution >= 4 is 34.0 Å². The smallest absolute Gasteiger partial charge is 0.229 e. The van der Waals surface area contributed by atoms with Gasteiger partial charge in [-0.25, -0.2) is 9.37 Å². The molecule has 4 rings (SSSR count). The molecule has 2 heterocycles. The van der Waals surface area contributed by atoms with Crippen molar-refractivity contribution in [2.45, 2.75) is 6.92 Å². The molecule has 7 heteroatoms. The summed E-state index contributed by atoms with van der Waals surface area (Å²) in [4.78, 5) is 11.6. The third-order valence-corrected chi connectivity index (χ3v) is 3.91. The number of aromatic amines is 1. The summed E-state index contributed by atoms with van der Waals surface area (Å²) in [5, 5.41) is 15.9. The molecule has 4 aromatic rings. The molecule has 0 saturated carbocycles. The first-order valence-electron chi connectivity index (χ1n) is 8.02. The number of anilines is 4. The largest absolute Gasteiger partial charge is 0.508 e. The molecule has 0 atom stereocenters. The molecule has 0 saturated heterocycles. The first kappa shape index (κ1) is 15.9. The second-order valence-corrected chi connectivity index (χ2v) is 5.90. The summed E-state index contributed by atoms with van der Waals surface area (Å²) in [5.74, 6) is 0.669. The lowest BCUT2D eigenvalue weighted by Gasteiger charge is -2.09. The van der Waals surface area contributed by atoms with E-state index in [1.54, 1.807) is 48.7 Å². The van der Waals surface area contributed by atoms with Crippen LogP contribution in [0.3, 0.4) is 0 Å². The summed E-state index contributed by atoms with van der Waals surface area (Å²) in [6.07, 6.45) is 1.58. The van der Waals surface area contributed by atoms with Crippen LogP contribution in [0, 0.1) is 12.7 Å². The van der Waals surface area contributed by atoms with E-state index in [4.69, 9.17) is 0 Å². The lowest BCUT2D eigenvalue weighted by Crippen LogP contribution is -2.01. The minimum Gasteiger partial charge on any atom is -0.508 e. The van der Waals surface area contributed by atoms with E-state index >= 15 is 0 Å². The average Bonchev–Trinajstić information content (AvgIpc) is 3.01. The number of nitrogens with one attached hydrogen (secondary N) is 3. The van der Waals surface area contributed by atoms with Crippen LogP contribution in [0.15, 0.2) is 54.7 Å². The summed E-state index contributed by atoms with van der Waals surface area (Å²) < 4.78 is 14.7. The van der Waals surface area contributed by atoms with E-state index in [9.17, 15) is 9.50 Å². The van der Waals surface area contributed by atoms with Crippen LogP contribution in [-0.2, 0) is 0 Å². The molecule has 6 nitrogen and oxygen atoms in total. The van der Waals surface area contributed by atoms with Crippen molar-refractivity contribution in [3.63, 3.8) is 0 Å². The van der Waals surface area contributed by atoms with Crippen molar-refractivity contribution < 1.29 is 9.50 Å². The fourth-order valence-corrected chi connectivity index (χ4v) is 2.70. The number of aryl methyl sites for hydroxylation is 1. The summed E-state index contributed by atoms with van der Waals surface area (Å²) in [6, 6.07) is 13.5. The Morgan fingerprint density at radius 3 is 2.65 bits per heavy atom. The lowest BCUT2D eigenvalue weighted by atomic mass is 10.2. The lowest BCUT2D eigenvalue weighted by molar-refractivity contribution is 0.475. The van der Waals surface area contributed by atoms with Crippen LogP contribution in [-0.4, -0.2) is 20.1 Å². The Labute approximate surface area is 148 Å². The molecular formula is C19H16FN5O. The van der Waals surface area contributed by atoms with Crippen molar-refractivity contribution in [1.82, 2.24) is 15.0 Å². The normalized spacial score (nSPS) is 10.8. The van der Waals surface area contributed by atoms with Gasteiger partial charge in [-0.1, -0.05) is 0 Å². The molecule has 2 aromatic carbocycles. The molecule has 0 radical (unpaired) electrons. The highest BCUT2D eigenvalue weighted by Crippen LogP contribution is 2.27. The fourth-order valence-electron chi connectivity index (χ4n) is 2.70. The third kappa shape index (κ3) is 3.14. The predicted octanol–water partition coefficient (Wildman–Crippen LogP) is 4.60. The highest BCUT2D eigenvalue weighted by Gasteiger charge is 2.10. The molecule has 26 heavy (non-hydrogen) atoms.